The number of fused-ring (bicyclic) bond motifs is 1. The zero-order valence-electron chi connectivity index (χ0n) is 13.3. The number of likely N-dealkylation sites (tertiary alicyclic amines) is 1. The van der Waals surface area contributed by atoms with Crippen LogP contribution in [-0.4, -0.2) is 27.1 Å². The van der Waals surface area contributed by atoms with E-state index in [1.54, 1.807) is 4.68 Å². The summed E-state index contributed by atoms with van der Waals surface area (Å²) in [5.74, 6) is 0.381. The van der Waals surface area contributed by atoms with Gasteiger partial charge >= 0.3 is 0 Å². The second-order valence-corrected chi connectivity index (χ2v) is 6.26. The summed E-state index contributed by atoms with van der Waals surface area (Å²) in [6, 6.07) is 7.89. The van der Waals surface area contributed by atoms with Gasteiger partial charge in [-0.05, 0) is 38.0 Å². The molecule has 5 nitrogen and oxygen atoms in total. The van der Waals surface area contributed by atoms with Gasteiger partial charge < -0.3 is 9.32 Å². The summed E-state index contributed by atoms with van der Waals surface area (Å²) in [6.07, 6.45) is 5.80. The lowest BCUT2D eigenvalue weighted by Gasteiger charge is -2.22. The molecule has 0 N–H and O–H groups in total. The molecule has 1 aliphatic rings. The first-order chi connectivity index (χ1) is 11.1. The molecule has 4 rings (SSSR count). The van der Waals surface area contributed by atoms with Gasteiger partial charge in [0.1, 0.15) is 5.58 Å². The van der Waals surface area contributed by atoms with Crippen LogP contribution < -0.4 is 0 Å². The van der Waals surface area contributed by atoms with Crippen molar-refractivity contribution < 1.29 is 9.21 Å². The minimum absolute atomic E-state index is 0.0368. The monoisotopic (exact) mass is 309 g/mol. The number of carbonyl (C=O) groups excluding carboxylic acids is 1. The lowest BCUT2D eigenvalue weighted by molar-refractivity contribution is 0.0705. The van der Waals surface area contributed by atoms with Gasteiger partial charge in [0, 0.05) is 30.7 Å². The average molecular weight is 309 g/mol. The predicted molar refractivity (Wildman–Crippen MR) is 87.2 cm³/mol. The Morgan fingerprint density at radius 2 is 2.22 bits per heavy atom. The maximum Gasteiger partial charge on any atom is 0.290 e. The van der Waals surface area contributed by atoms with Gasteiger partial charge in [-0.1, -0.05) is 11.6 Å². The number of aryl methyl sites for hydroxylation is 2. The van der Waals surface area contributed by atoms with Gasteiger partial charge in [-0.25, -0.2) is 0 Å². The van der Waals surface area contributed by atoms with Crippen LogP contribution in [0.1, 0.15) is 40.6 Å². The van der Waals surface area contributed by atoms with Crippen LogP contribution in [0.15, 0.2) is 41.1 Å². The van der Waals surface area contributed by atoms with Gasteiger partial charge in [0.15, 0.2) is 5.76 Å². The standard InChI is InChI=1S/C18H19N3O2/c1-12-5-6-16-13(8-12)9-17(23-16)18(22)21-7-3-4-15(21)14-10-19-20(2)11-14/h5-6,8-11,15H,3-4,7H2,1-2H3/t15-/m1/s1. The highest BCUT2D eigenvalue weighted by molar-refractivity contribution is 5.96. The van der Waals surface area contributed by atoms with Gasteiger partial charge in [-0.15, -0.1) is 0 Å². The number of aromatic nitrogens is 2. The third-order valence-electron chi connectivity index (χ3n) is 4.51. The van der Waals surface area contributed by atoms with Crippen LogP contribution in [0.25, 0.3) is 11.0 Å². The topological polar surface area (TPSA) is 51.3 Å². The Balaban J connectivity index is 1.66. The van der Waals surface area contributed by atoms with Gasteiger partial charge in [0.25, 0.3) is 5.91 Å². The van der Waals surface area contributed by atoms with E-state index in [4.69, 9.17) is 4.42 Å². The molecule has 3 aromatic rings. The van der Waals surface area contributed by atoms with Crippen molar-refractivity contribution in [3.05, 3.63) is 53.5 Å². The fraction of sp³-hybridized carbons (Fsp3) is 0.333. The Kier molecular flexibility index (Phi) is 3.22. The van der Waals surface area contributed by atoms with Crippen LogP contribution in [0.5, 0.6) is 0 Å². The minimum Gasteiger partial charge on any atom is -0.451 e. The molecule has 0 unspecified atom stereocenters. The van der Waals surface area contributed by atoms with Crippen molar-refractivity contribution >= 4 is 16.9 Å². The van der Waals surface area contributed by atoms with Crippen molar-refractivity contribution in [3.8, 4) is 0 Å². The number of nitrogens with zero attached hydrogens (tertiary/aromatic N) is 3. The van der Waals surface area contributed by atoms with E-state index < -0.39 is 0 Å². The largest absolute Gasteiger partial charge is 0.451 e. The predicted octanol–water partition coefficient (Wildman–Crippen LogP) is 3.45. The molecule has 1 fully saturated rings. The summed E-state index contributed by atoms with van der Waals surface area (Å²) in [5, 5.41) is 5.20. The van der Waals surface area contributed by atoms with E-state index in [2.05, 4.69) is 5.10 Å². The lowest BCUT2D eigenvalue weighted by Crippen LogP contribution is -2.30. The van der Waals surface area contributed by atoms with E-state index in [0.29, 0.717) is 5.76 Å². The highest BCUT2D eigenvalue weighted by Gasteiger charge is 2.32. The Morgan fingerprint density at radius 3 is 3.00 bits per heavy atom. The van der Waals surface area contributed by atoms with Crippen molar-refractivity contribution in [2.45, 2.75) is 25.8 Å². The number of hydrogen-bond acceptors (Lipinski definition) is 3. The van der Waals surface area contributed by atoms with E-state index in [0.717, 1.165) is 41.5 Å². The summed E-state index contributed by atoms with van der Waals surface area (Å²) in [5.41, 5.74) is 3.01. The van der Waals surface area contributed by atoms with Gasteiger partial charge in [0.2, 0.25) is 0 Å². The maximum atomic E-state index is 12.9. The summed E-state index contributed by atoms with van der Waals surface area (Å²) in [4.78, 5) is 14.8. The first kappa shape index (κ1) is 14.1. The van der Waals surface area contributed by atoms with Crippen molar-refractivity contribution in [3.63, 3.8) is 0 Å². The maximum absolute atomic E-state index is 12.9. The number of carbonyl (C=O) groups is 1. The van der Waals surface area contributed by atoms with Crippen molar-refractivity contribution in [1.82, 2.24) is 14.7 Å². The van der Waals surface area contributed by atoms with Gasteiger partial charge in [0.05, 0.1) is 12.2 Å². The highest BCUT2D eigenvalue weighted by Crippen LogP contribution is 2.33. The van der Waals surface area contributed by atoms with Crippen molar-refractivity contribution in [2.75, 3.05) is 6.54 Å². The smallest absolute Gasteiger partial charge is 0.290 e. The summed E-state index contributed by atoms with van der Waals surface area (Å²) in [7, 11) is 1.90. The molecule has 1 atom stereocenters. The van der Waals surface area contributed by atoms with E-state index in [1.807, 2.05) is 55.5 Å². The molecule has 0 radical (unpaired) electrons. The molecule has 3 heterocycles. The van der Waals surface area contributed by atoms with Crippen LogP contribution in [-0.2, 0) is 7.05 Å². The molecule has 0 spiro atoms. The zero-order valence-corrected chi connectivity index (χ0v) is 13.3. The first-order valence-electron chi connectivity index (χ1n) is 7.91. The van der Waals surface area contributed by atoms with E-state index in [1.165, 1.54) is 0 Å². The molecule has 1 amide bonds. The molecular formula is C18H19N3O2. The molecule has 0 saturated carbocycles. The van der Waals surface area contributed by atoms with Crippen LogP contribution in [0.3, 0.4) is 0 Å². The Bertz CT molecular complexity index is 877. The third kappa shape index (κ3) is 2.42. The van der Waals surface area contributed by atoms with Crippen molar-refractivity contribution in [1.29, 1.82) is 0 Å². The van der Waals surface area contributed by atoms with Gasteiger partial charge in [-0.2, -0.15) is 5.10 Å². The van der Waals surface area contributed by atoms with E-state index >= 15 is 0 Å². The molecule has 118 valence electrons. The number of furan rings is 1. The van der Waals surface area contributed by atoms with Crippen LogP contribution in [0.4, 0.5) is 0 Å². The second kappa shape index (κ2) is 5.26. The number of rotatable bonds is 2. The van der Waals surface area contributed by atoms with Crippen LogP contribution in [0.2, 0.25) is 0 Å². The molecule has 1 aromatic carbocycles. The molecule has 5 heteroatoms. The normalized spacial score (nSPS) is 18.0. The van der Waals surface area contributed by atoms with Crippen LogP contribution in [0, 0.1) is 6.92 Å². The third-order valence-corrected chi connectivity index (χ3v) is 4.51. The fourth-order valence-corrected chi connectivity index (χ4v) is 3.38. The van der Waals surface area contributed by atoms with E-state index in [9.17, 15) is 4.79 Å². The Labute approximate surface area is 134 Å². The Hall–Kier alpha value is -2.56. The first-order valence-corrected chi connectivity index (χ1v) is 7.91. The average Bonchev–Trinajstić information content (AvgIpc) is 3.23. The number of amides is 1. The molecule has 2 aromatic heterocycles. The second-order valence-electron chi connectivity index (χ2n) is 6.26. The molecule has 1 aliphatic heterocycles. The molecule has 1 saturated heterocycles. The fourth-order valence-electron chi connectivity index (χ4n) is 3.38. The Morgan fingerprint density at radius 1 is 1.35 bits per heavy atom. The lowest BCUT2D eigenvalue weighted by atomic mass is 10.1. The molecule has 0 bridgehead atoms. The van der Waals surface area contributed by atoms with Gasteiger partial charge in [-0.3, -0.25) is 9.48 Å². The quantitative estimate of drug-likeness (QED) is 0.728. The highest BCUT2D eigenvalue weighted by atomic mass is 16.3. The minimum atomic E-state index is -0.0368. The molecule has 0 aliphatic carbocycles. The van der Waals surface area contributed by atoms with E-state index in [-0.39, 0.29) is 11.9 Å². The zero-order chi connectivity index (χ0) is 16.0. The van der Waals surface area contributed by atoms with Crippen molar-refractivity contribution in [2.24, 2.45) is 7.05 Å². The molecule has 23 heavy (non-hydrogen) atoms. The summed E-state index contributed by atoms with van der Waals surface area (Å²) < 4.78 is 7.55. The summed E-state index contributed by atoms with van der Waals surface area (Å²) >= 11 is 0. The molecular weight excluding hydrogens is 290 g/mol. The SMILES string of the molecule is Cc1ccc2oc(C(=O)N3CCC[C@@H]3c3cnn(C)c3)cc2c1. The van der Waals surface area contributed by atoms with Crippen LogP contribution >= 0.6 is 0 Å². The number of hydrogen-bond donors (Lipinski definition) is 0. The summed E-state index contributed by atoms with van der Waals surface area (Å²) in [6.45, 7) is 2.79. The number of benzene rings is 1.